The SMILES string of the molecule is CCCCOc1ccc(-c2nn(-c3ccccc3)cc2C=C2SC(N3CCC(Cc4ccccc4)CC3)=NC2=O)cc1Cl. The Hall–Kier alpha value is -3.81. The molecule has 3 heterocycles. The summed E-state index contributed by atoms with van der Waals surface area (Å²) < 4.78 is 7.70. The number of amides is 1. The number of unbranched alkanes of at least 4 members (excludes halogenated alkanes) is 1. The zero-order valence-electron chi connectivity index (χ0n) is 24.3. The molecular formula is C35H35ClN4O2S. The van der Waals surface area contributed by atoms with Gasteiger partial charge in [-0.1, -0.05) is 73.5 Å². The standard InChI is InChI=1S/C35H35ClN4O2S/c1-2-3-20-42-31-15-14-27(22-30(31)36)33-28(24-40(38-33)29-12-8-5-9-13-29)23-32-34(41)37-35(43-32)39-18-16-26(17-19-39)21-25-10-6-4-7-11-25/h4-15,22-24,26H,2-3,16-21H2,1H3. The maximum atomic E-state index is 13.1. The van der Waals surface area contributed by atoms with Crippen molar-refractivity contribution in [3.8, 4) is 22.7 Å². The second-order valence-electron chi connectivity index (χ2n) is 11.0. The van der Waals surface area contributed by atoms with Gasteiger partial charge >= 0.3 is 0 Å². The normalized spacial score (nSPS) is 16.6. The van der Waals surface area contributed by atoms with E-state index in [2.05, 4.69) is 47.1 Å². The van der Waals surface area contributed by atoms with Crippen molar-refractivity contribution in [1.29, 1.82) is 0 Å². The van der Waals surface area contributed by atoms with Crippen molar-refractivity contribution in [3.63, 3.8) is 0 Å². The van der Waals surface area contributed by atoms with Gasteiger partial charge in [0.2, 0.25) is 0 Å². The minimum absolute atomic E-state index is 0.206. The molecule has 0 aliphatic carbocycles. The monoisotopic (exact) mass is 610 g/mol. The summed E-state index contributed by atoms with van der Waals surface area (Å²) in [6.07, 6.45) is 9.18. The zero-order valence-corrected chi connectivity index (χ0v) is 25.9. The van der Waals surface area contributed by atoms with Crippen molar-refractivity contribution in [2.45, 2.75) is 39.0 Å². The van der Waals surface area contributed by atoms with Gasteiger partial charge in [-0.25, -0.2) is 4.68 Å². The summed E-state index contributed by atoms with van der Waals surface area (Å²) in [7, 11) is 0. The number of piperidine rings is 1. The molecule has 1 aromatic heterocycles. The highest BCUT2D eigenvalue weighted by Crippen LogP contribution is 2.36. The van der Waals surface area contributed by atoms with E-state index in [9.17, 15) is 4.79 Å². The van der Waals surface area contributed by atoms with Gasteiger partial charge in [-0.05, 0) is 85.3 Å². The molecular weight excluding hydrogens is 576 g/mol. The smallest absolute Gasteiger partial charge is 0.286 e. The van der Waals surface area contributed by atoms with Gasteiger partial charge in [-0.3, -0.25) is 4.79 Å². The predicted molar refractivity (Wildman–Crippen MR) is 177 cm³/mol. The van der Waals surface area contributed by atoms with E-state index in [-0.39, 0.29) is 5.91 Å². The van der Waals surface area contributed by atoms with E-state index >= 15 is 0 Å². The molecule has 3 aromatic carbocycles. The lowest BCUT2D eigenvalue weighted by atomic mass is 9.90. The van der Waals surface area contributed by atoms with Crippen LogP contribution < -0.4 is 4.74 Å². The van der Waals surface area contributed by atoms with Crippen LogP contribution in [0.1, 0.15) is 43.7 Å². The molecule has 1 saturated heterocycles. The number of aromatic nitrogens is 2. The predicted octanol–water partition coefficient (Wildman–Crippen LogP) is 8.30. The Bertz CT molecular complexity index is 1630. The Morgan fingerprint density at radius 1 is 1.02 bits per heavy atom. The molecule has 4 aromatic rings. The fourth-order valence-corrected chi connectivity index (χ4v) is 6.66. The molecule has 1 amide bonds. The summed E-state index contributed by atoms with van der Waals surface area (Å²) >= 11 is 8.09. The summed E-state index contributed by atoms with van der Waals surface area (Å²) in [5, 5.41) is 6.25. The number of aliphatic imine (C=N–C) groups is 1. The van der Waals surface area contributed by atoms with Crippen LogP contribution in [0.25, 0.3) is 23.0 Å². The van der Waals surface area contributed by atoms with Crippen LogP contribution in [0.15, 0.2) is 95.0 Å². The second-order valence-corrected chi connectivity index (χ2v) is 12.4. The van der Waals surface area contributed by atoms with Crippen molar-refractivity contribution in [2.24, 2.45) is 10.9 Å². The van der Waals surface area contributed by atoms with Gasteiger partial charge in [0.15, 0.2) is 5.17 Å². The summed E-state index contributed by atoms with van der Waals surface area (Å²) in [6.45, 7) is 4.57. The van der Waals surface area contributed by atoms with Crippen molar-refractivity contribution in [1.82, 2.24) is 14.7 Å². The highest BCUT2D eigenvalue weighted by atomic mass is 35.5. The van der Waals surface area contributed by atoms with Gasteiger partial charge in [-0.2, -0.15) is 10.1 Å². The maximum absolute atomic E-state index is 13.1. The highest BCUT2D eigenvalue weighted by Gasteiger charge is 2.29. The van der Waals surface area contributed by atoms with Crippen molar-refractivity contribution >= 4 is 40.5 Å². The van der Waals surface area contributed by atoms with Crippen LogP contribution in [0.2, 0.25) is 5.02 Å². The van der Waals surface area contributed by atoms with Gasteiger partial charge in [0.05, 0.1) is 22.2 Å². The number of para-hydroxylation sites is 1. The Kier molecular flexibility index (Phi) is 9.30. The lowest BCUT2D eigenvalue weighted by molar-refractivity contribution is -0.113. The van der Waals surface area contributed by atoms with Gasteiger partial charge < -0.3 is 9.64 Å². The number of rotatable bonds is 9. The number of likely N-dealkylation sites (tertiary alicyclic amines) is 1. The summed E-state index contributed by atoms with van der Waals surface area (Å²) in [5.74, 6) is 1.11. The second kappa shape index (κ2) is 13.7. The molecule has 0 saturated carbocycles. The van der Waals surface area contributed by atoms with Gasteiger partial charge in [0, 0.05) is 30.4 Å². The number of hydrogen-bond donors (Lipinski definition) is 0. The van der Waals surface area contributed by atoms with E-state index in [4.69, 9.17) is 21.4 Å². The number of ether oxygens (including phenoxy) is 1. The number of thioether (sulfide) groups is 1. The molecule has 43 heavy (non-hydrogen) atoms. The third-order valence-electron chi connectivity index (χ3n) is 7.87. The molecule has 2 aliphatic rings. The van der Waals surface area contributed by atoms with Crippen LogP contribution >= 0.6 is 23.4 Å². The number of nitrogens with zero attached hydrogens (tertiary/aromatic N) is 4. The van der Waals surface area contributed by atoms with Crippen LogP contribution in [0, 0.1) is 5.92 Å². The van der Waals surface area contributed by atoms with Gasteiger partial charge in [-0.15, -0.1) is 0 Å². The van der Waals surface area contributed by atoms with E-state index in [1.54, 1.807) is 0 Å². The molecule has 0 unspecified atom stereocenters. The molecule has 0 atom stereocenters. The number of halogens is 1. The van der Waals surface area contributed by atoms with Crippen LogP contribution in [0.5, 0.6) is 5.75 Å². The Morgan fingerprint density at radius 3 is 2.49 bits per heavy atom. The molecule has 2 aliphatic heterocycles. The first-order chi connectivity index (χ1) is 21.1. The van der Waals surface area contributed by atoms with E-state index in [0.717, 1.165) is 72.9 Å². The quantitative estimate of drug-likeness (QED) is 0.141. The number of benzene rings is 3. The first kappa shape index (κ1) is 29.3. The van der Waals surface area contributed by atoms with E-state index in [1.807, 2.05) is 65.5 Å². The average molecular weight is 611 g/mol. The molecule has 0 spiro atoms. The molecule has 6 rings (SSSR count). The number of hydrogen-bond acceptors (Lipinski definition) is 5. The third kappa shape index (κ3) is 7.06. The summed E-state index contributed by atoms with van der Waals surface area (Å²) in [5.41, 5.74) is 4.74. The van der Waals surface area contributed by atoms with Crippen LogP contribution in [-0.2, 0) is 11.2 Å². The Morgan fingerprint density at radius 2 is 1.77 bits per heavy atom. The first-order valence-corrected chi connectivity index (χ1v) is 16.2. The number of carbonyl (C=O) groups excluding carboxylic acids is 1. The van der Waals surface area contributed by atoms with Crippen molar-refractivity contribution < 1.29 is 9.53 Å². The molecule has 0 N–H and O–H groups in total. The highest BCUT2D eigenvalue weighted by molar-refractivity contribution is 8.18. The topological polar surface area (TPSA) is 59.7 Å². The van der Waals surface area contributed by atoms with Crippen LogP contribution in [0.3, 0.4) is 0 Å². The van der Waals surface area contributed by atoms with E-state index in [0.29, 0.717) is 28.2 Å². The average Bonchev–Trinajstić information content (AvgIpc) is 3.63. The fourth-order valence-electron chi connectivity index (χ4n) is 5.47. The van der Waals surface area contributed by atoms with Crippen molar-refractivity contribution in [2.75, 3.05) is 19.7 Å². The minimum atomic E-state index is -0.206. The summed E-state index contributed by atoms with van der Waals surface area (Å²) in [6, 6.07) is 26.4. The molecule has 6 nitrogen and oxygen atoms in total. The van der Waals surface area contributed by atoms with E-state index < -0.39 is 0 Å². The zero-order chi connectivity index (χ0) is 29.6. The molecule has 1 fully saturated rings. The van der Waals surface area contributed by atoms with E-state index in [1.165, 1.54) is 17.3 Å². The van der Waals surface area contributed by atoms with Gasteiger partial charge in [0.1, 0.15) is 11.4 Å². The Labute approximate surface area is 262 Å². The fraction of sp³-hybridized carbons (Fsp3) is 0.286. The lowest BCUT2D eigenvalue weighted by Crippen LogP contribution is -2.37. The molecule has 0 radical (unpaired) electrons. The van der Waals surface area contributed by atoms with Gasteiger partial charge in [0.25, 0.3) is 5.91 Å². The summed E-state index contributed by atoms with van der Waals surface area (Å²) in [4.78, 5) is 20.4. The maximum Gasteiger partial charge on any atom is 0.286 e. The number of amidine groups is 1. The first-order valence-electron chi connectivity index (χ1n) is 15.0. The molecule has 220 valence electrons. The third-order valence-corrected chi connectivity index (χ3v) is 9.21. The Balaban J connectivity index is 1.21. The number of carbonyl (C=O) groups is 1. The van der Waals surface area contributed by atoms with Crippen LogP contribution in [0.4, 0.5) is 0 Å². The van der Waals surface area contributed by atoms with Crippen molar-refractivity contribution in [3.05, 3.63) is 106 Å². The molecule has 8 heteroatoms. The molecule has 0 bridgehead atoms. The minimum Gasteiger partial charge on any atom is -0.492 e. The largest absolute Gasteiger partial charge is 0.492 e. The van der Waals surface area contributed by atoms with Crippen LogP contribution in [-0.4, -0.2) is 45.5 Å². The lowest BCUT2D eigenvalue weighted by Gasteiger charge is -2.32.